The van der Waals surface area contributed by atoms with Crippen molar-refractivity contribution in [1.29, 1.82) is 0 Å². The summed E-state index contributed by atoms with van der Waals surface area (Å²) in [7, 11) is -3.30. The summed E-state index contributed by atoms with van der Waals surface area (Å²) in [6.45, 7) is 2.28. The van der Waals surface area contributed by atoms with Crippen LogP contribution < -0.4 is 0 Å². The molecule has 0 aliphatic carbocycles. The molecule has 0 fully saturated rings. The van der Waals surface area contributed by atoms with Gasteiger partial charge in [0, 0.05) is 12.7 Å². The third-order valence-corrected chi connectivity index (χ3v) is 3.57. The zero-order valence-corrected chi connectivity index (χ0v) is 9.84. The second-order valence-corrected chi connectivity index (χ2v) is 5.57. The SMILES string of the molecule is CC1=CN2CCS(=O)(=O)N=C2C(Br)=N1. The molecule has 0 unspecified atom stereocenters. The maximum absolute atomic E-state index is 11.2. The van der Waals surface area contributed by atoms with E-state index in [1.165, 1.54) is 0 Å². The third-order valence-electron chi connectivity index (χ3n) is 1.89. The first-order valence-electron chi connectivity index (χ1n) is 4.00. The normalized spacial score (nSPS) is 24.7. The van der Waals surface area contributed by atoms with E-state index in [9.17, 15) is 8.42 Å². The van der Waals surface area contributed by atoms with Crippen molar-refractivity contribution in [3.63, 3.8) is 0 Å². The Morgan fingerprint density at radius 3 is 3.00 bits per heavy atom. The van der Waals surface area contributed by atoms with Crippen LogP contribution in [0.2, 0.25) is 0 Å². The molecule has 0 aromatic heterocycles. The van der Waals surface area contributed by atoms with Crippen LogP contribution in [0.4, 0.5) is 0 Å². The molecule has 14 heavy (non-hydrogen) atoms. The lowest BCUT2D eigenvalue weighted by Gasteiger charge is -2.27. The predicted molar refractivity (Wildman–Crippen MR) is 58.0 cm³/mol. The summed E-state index contributed by atoms with van der Waals surface area (Å²) >= 11 is 3.19. The van der Waals surface area contributed by atoms with Crippen LogP contribution in [0.3, 0.4) is 0 Å². The summed E-state index contributed by atoms with van der Waals surface area (Å²) in [6.07, 6.45) is 1.79. The Balaban J connectivity index is 2.50. The molecule has 0 amide bonds. The molecule has 2 heterocycles. The molecule has 0 saturated heterocycles. The van der Waals surface area contributed by atoms with Gasteiger partial charge in [-0.25, -0.2) is 13.4 Å². The average molecular weight is 278 g/mol. The summed E-state index contributed by atoms with van der Waals surface area (Å²) < 4.78 is 26.6. The molecule has 0 aromatic rings. The van der Waals surface area contributed by atoms with E-state index in [4.69, 9.17) is 0 Å². The summed E-state index contributed by atoms with van der Waals surface area (Å²) in [5.41, 5.74) is 0.829. The highest BCUT2D eigenvalue weighted by atomic mass is 79.9. The molecule has 5 nitrogen and oxygen atoms in total. The standard InChI is InChI=1S/C7H8BrN3O2S/c1-5-4-11-2-3-14(12,13)10-7(11)6(8)9-5/h4H,2-3H2,1H3. The molecule has 0 radical (unpaired) electrons. The zero-order chi connectivity index (χ0) is 10.3. The number of allylic oxidation sites excluding steroid dienone is 1. The molecule has 0 bridgehead atoms. The monoisotopic (exact) mass is 277 g/mol. The highest BCUT2D eigenvalue weighted by Crippen LogP contribution is 2.18. The predicted octanol–water partition coefficient (Wildman–Crippen LogP) is 0.699. The molecular formula is C7H8BrN3O2S. The fourth-order valence-electron chi connectivity index (χ4n) is 1.29. The number of fused-ring (bicyclic) bond motifs is 1. The van der Waals surface area contributed by atoms with E-state index in [-0.39, 0.29) is 5.75 Å². The van der Waals surface area contributed by atoms with E-state index >= 15 is 0 Å². The first-order chi connectivity index (χ1) is 6.48. The summed E-state index contributed by atoms with van der Waals surface area (Å²) in [5.74, 6) is 0.433. The number of hydrogen-bond acceptors (Lipinski definition) is 4. The number of aliphatic imine (C=N–C) groups is 1. The molecule has 76 valence electrons. The highest BCUT2D eigenvalue weighted by Gasteiger charge is 2.27. The van der Waals surface area contributed by atoms with E-state index in [1.807, 2.05) is 6.92 Å². The fraction of sp³-hybridized carbons (Fsp3) is 0.429. The molecule has 2 aliphatic heterocycles. The quantitative estimate of drug-likeness (QED) is 0.655. The molecule has 7 heteroatoms. The summed E-state index contributed by atoms with van der Waals surface area (Å²) in [5, 5.41) is 0. The van der Waals surface area contributed by atoms with Gasteiger partial charge in [0.1, 0.15) is 4.62 Å². The Labute approximate surface area is 90.4 Å². The molecule has 0 atom stereocenters. The highest BCUT2D eigenvalue weighted by molar-refractivity contribution is 9.19. The number of sulfonamides is 1. The fourth-order valence-corrected chi connectivity index (χ4v) is 2.98. The van der Waals surface area contributed by atoms with Crippen molar-refractivity contribution in [1.82, 2.24) is 4.90 Å². The van der Waals surface area contributed by atoms with Crippen molar-refractivity contribution >= 4 is 36.4 Å². The van der Waals surface area contributed by atoms with Crippen molar-refractivity contribution in [3.8, 4) is 0 Å². The van der Waals surface area contributed by atoms with E-state index in [2.05, 4.69) is 25.3 Å². The third kappa shape index (κ3) is 1.74. The van der Waals surface area contributed by atoms with E-state index in [0.717, 1.165) is 5.70 Å². The molecular weight excluding hydrogens is 270 g/mol. The zero-order valence-electron chi connectivity index (χ0n) is 7.44. The molecule has 0 N–H and O–H groups in total. The molecule has 0 spiro atoms. The van der Waals surface area contributed by atoms with Gasteiger partial charge in [0.25, 0.3) is 10.0 Å². The van der Waals surface area contributed by atoms with Gasteiger partial charge in [-0.15, -0.1) is 4.40 Å². The average Bonchev–Trinajstić information content (AvgIpc) is 2.06. The van der Waals surface area contributed by atoms with Crippen LogP contribution in [0.25, 0.3) is 0 Å². The van der Waals surface area contributed by atoms with E-state index in [0.29, 0.717) is 17.0 Å². The molecule has 0 aromatic carbocycles. The van der Waals surface area contributed by atoms with Crippen LogP contribution in [-0.4, -0.2) is 36.1 Å². The summed E-state index contributed by atoms with van der Waals surface area (Å²) in [4.78, 5) is 5.88. The van der Waals surface area contributed by atoms with Crippen molar-refractivity contribution in [2.75, 3.05) is 12.3 Å². The van der Waals surface area contributed by atoms with Gasteiger partial charge in [0.05, 0.1) is 11.4 Å². The Kier molecular flexibility index (Phi) is 2.23. The minimum Gasteiger partial charge on any atom is -0.327 e. The number of amidine groups is 1. The van der Waals surface area contributed by atoms with Crippen LogP contribution in [0.1, 0.15) is 6.92 Å². The van der Waals surface area contributed by atoms with Crippen LogP contribution >= 0.6 is 15.9 Å². The second-order valence-electron chi connectivity index (χ2n) is 3.07. The Hall–Kier alpha value is -0.690. The van der Waals surface area contributed by atoms with Gasteiger partial charge in [-0.2, -0.15) is 0 Å². The van der Waals surface area contributed by atoms with Gasteiger partial charge in [-0.3, -0.25) is 0 Å². The minimum atomic E-state index is -3.30. The van der Waals surface area contributed by atoms with Crippen molar-refractivity contribution < 1.29 is 8.42 Å². The lowest BCUT2D eigenvalue weighted by molar-refractivity contribution is 0.547. The lowest BCUT2D eigenvalue weighted by Crippen LogP contribution is -2.40. The number of nitrogens with zero attached hydrogens (tertiary/aromatic N) is 3. The summed E-state index contributed by atoms with van der Waals surface area (Å²) in [6, 6.07) is 0. The maximum Gasteiger partial charge on any atom is 0.256 e. The maximum atomic E-state index is 11.2. The van der Waals surface area contributed by atoms with Gasteiger partial charge < -0.3 is 4.90 Å². The number of halogens is 1. The van der Waals surface area contributed by atoms with Crippen LogP contribution in [0.5, 0.6) is 0 Å². The van der Waals surface area contributed by atoms with Gasteiger partial charge in [0.2, 0.25) is 0 Å². The molecule has 0 saturated carbocycles. The Bertz CT molecular complexity index is 463. The Morgan fingerprint density at radius 1 is 1.57 bits per heavy atom. The smallest absolute Gasteiger partial charge is 0.256 e. The first kappa shape index (κ1) is 9.85. The van der Waals surface area contributed by atoms with Gasteiger partial charge >= 0.3 is 0 Å². The van der Waals surface area contributed by atoms with Crippen molar-refractivity contribution in [3.05, 3.63) is 11.9 Å². The van der Waals surface area contributed by atoms with Gasteiger partial charge in [-0.1, -0.05) is 0 Å². The van der Waals surface area contributed by atoms with Gasteiger partial charge in [-0.05, 0) is 22.9 Å². The molecule has 2 aliphatic rings. The van der Waals surface area contributed by atoms with Crippen molar-refractivity contribution in [2.45, 2.75) is 6.92 Å². The largest absolute Gasteiger partial charge is 0.327 e. The lowest BCUT2D eigenvalue weighted by atomic mass is 10.4. The van der Waals surface area contributed by atoms with E-state index < -0.39 is 10.0 Å². The van der Waals surface area contributed by atoms with Crippen molar-refractivity contribution in [2.24, 2.45) is 9.39 Å². The topological polar surface area (TPSA) is 62.1 Å². The van der Waals surface area contributed by atoms with Crippen LogP contribution in [0.15, 0.2) is 21.3 Å². The molecule has 2 rings (SSSR count). The number of rotatable bonds is 0. The number of hydrogen-bond donors (Lipinski definition) is 0. The second kappa shape index (κ2) is 3.16. The van der Waals surface area contributed by atoms with Crippen LogP contribution in [0, 0.1) is 0 Å². The minimum absolute atomic E-state index is 0.0561. The van der Waals surface area contributed by atoms with E-state index in [1.54, 1.807) is 11.1 Å². The van der Waals surface area contributed by atoms with Crippen LogP contribution in [-0.2, 0) is 10.0 Å². The Morgan fingerprint density at radius 2 is 2.29 bits per heavy atom. The first-order valence-corrected chi connectivity index (χ1v) is 6.40. The van der Waals surface area contributed by atoms with Gasteiger partial charge in [0.15, 0.2) is 5.84 Å².